The van der Waals surface area contributed by atoms with Crippen LogP contribution in [-0.2, 0) is 18.9 Å². The second-order valence-corrected chi connectivity index (χ2v) is 5.84. The lowest BCUT2D eigenvalue weighted by Crippen LogP contribution is -2.13. The van der Waals surface area contributed by atoms with Gasteiger partial charge in [0.15, 0.2) is 0 Å². The number of hydrogen-bond acceptors (Lipinski definition) is 4. The highest BCUT2D eigenvalue weighted by Crippen LogP contribution is 2.02. The van der Waals surface area contributed by atoms with Crippen molar-refractivity contribution in [2.75, 3.05) is 52.9 Å². The molecule has 0 aliphatic carbocycles. The Morgan fingerprint density at radius 3 is 1.45 bits per heavy atom. The fourth-order valence-electron chi connectivity index (χ4n) is 1.57. The molecule has 4 heteroatoms. The van der Waals surface area contributed by atoms with Crippen LogP contribution < -0.4 is 0 Å². The summed E-state index contributed by atoms with van der Waals surface area (Å²) in [6, 6.07) is 0. The highest BCUT2D eigenvalue weighted by molar-refractivity contribution is 4.44. The van der Waals surface area contributed by atoms with Gasteiger partial charge in [0.05, 0.1) is 39.6 Å². The molecule has 0 aromatic rings. The Hall–Kier alpha value is -0.160. The third-order valence-corrected chi connectivity index (χ3v) is 2.64. The lowest BCUT2D eigenvalue weighted by Gasteiger charge is -2.08. The van der Waals surface area contributed by atoms with Gasteiger partial charge in [-0.05, 0) is 24.7 Å². The van der Waals surface area contributed by atoms with Crippen LogP contribution in [0, 0.1) is 11.8 Å². The Balaban J connectivity index is 2.96. The molecule has 0 N–H and O–H groups in total. The number of ether oxygens (including phenoxy) is 4. The van der Waals surface area contributed by atoms with Crippen molar-refractivity contribution in [2.45, 2.75) is 40.5 Å². The standard InChI is InChI=1S/C16H34O4/c1-15(2)6-5-7-17-8-9-18-10-11-19-12-13-20-14-16(3)4/h15-16H,5-14H2,1-4H3. The average molecular weight is 290 g/mol. The van der Waals surface area contributed by atoms with Crippen molar-refractivity contribution in [3.63, 3.8) is 0 Å². The molecule has 0 saturated heterocycles. The summed E-state index contributed by atoms with van der Waals surface area (Å²) >= 11 is 0. The maximum atomic E-state index is 5.48. The van der Waals surface area contributed by atoms with Gasteiger partial charge >= 0.3 is 0 Å². The normalized spacial score (nSPS) is 11.7. The number of hydrogen-bond donors (Lipinski definition) is 0. The molecule has 0 aliphatic heterocycles. The first-order valence-electron chi connectivity index (χ1n) is 7.94. The Bertz CT molecular complexity index is 163. The summed E-state index contributed by atoms with van der Waals surface area (Å²) in [5, 5.41) is 0. The topological polar surface area (TPSA) is 36.9 Å². The highest BCUT2D eigenvalue weighted by Gasteiger charge is 1.96. The molecular formula is C16H34O4. The van der Waals surface area contributed by atoms with Crippen LogP contribution in [-0.4, -0.2) is 52.9 Å². The smallest absolute Gasteiger partial charge is 0.0701 e. The Kier molecular flexibility index (Phi) is 15.1. The third-order valence-electron chi connectivity index (χ3n) is 2.64. The molecule has 0 aliphatic rings. The maximum Gasteiger partial charge on any atom is 0.0701 e. The Morgan fingerprint density at radius 2 is 1.00 bits per heavy atom. The SMILES string of the molecule is CC(C)CCCOCCOCCOCCOCC(C)C. The van der Waals surface area contributed by atoms with Crippen molar-refractivity contribution < 1.29 is 18.9 Å². The van der Waals surface area contributed by atoms with Gasteiger partial charge in [0.2, 0.25) is 0 Å². The quantitative estimate of drug-likeness (QED) is 0.434. The first kappa shape index (κ1) is 19.8. The molecule has 0 saturated carbocycles. The van der Waals surface area contributed by atoms with Crippen LogP contribution in [0.5, 0.6) is 0 Å². The van der Waals surface area contributed by atoms with E-state index in [2.05, 4.69) is 27.7 Å². The minimum absolute atomic E-state index is 0.582. The van der Waals surface area contributed by atoms with Gasteiger partial charge < -0.3 is 18.9 Å². The maximum absolute atomic E-state index is 5.48. The molecule has 0 spiro atoms. The third kappa shape index (κ3) is 17.8. The molecule has 0 unspecified atom stereocenters. The first-order valence-corrected chi connectivity index (χ1v) is 7.94. The first-order chi connectivity index (χ1) is 9.63. The minimum atomic E-state index is 0.582. The molecule has 122 valence electrons. The zero-order valence-corrected chi connectivity index (χ0v) is 13.9. The summed E-state index contributed by atoms with van der Waals surface area (Å²) in [6.07, 6.45) is 2.37. The van der Waals surface area contributed by atoms with E-state index in [9.17, 15) is 0 Å². The minimum Gasteiger partial charge on any atom is -0.379 e. The molecule has 0 aromatic carbocycles. The van der Waals surface area contributed by atoms with Crippen LogP contribution in [0.2, 0.25) is 0 Å². The predicted octanol–water partition coefficient (Wildman–Crippen LogP) is 3.15. The average Bonchev–Trinajstić information content (AvgIpc) is 2.38. The van der Waals surface area contributed by atoms with E-state index in [0.29, 0.717) is 45.6 Å². The van der Waals surface area contributed by atoms with E-state index in [-0.39, 0.29) is 0 Å². The Labute approximate surface area is 125 Å². The van der Waals surface area contributed by atoms with Crippen molar-refractivity contribution >= 4 is 0 Å². The van der Waals surface area contributed by atoms with Gasteiger partial charge in [0.1, 0.15) is 0 Å². The summed E-state index contributed by atoms with van der Waals surface area (Å²) in [7, 11) is 0. The van der Waals surface area contributed by atoms with Crippen molar-refractivity contribution in [1.29, 1.82) is 0 Å². The van der Waals surface area contributed by atoms with Crippen molar-refractivity contribution in [3.8, 4) is 0 Å². The Morgan fingerprint density at radius 1 is 0.550 bits per heavy atom. The molecule has 20 heavy (non-hydrogen) atoms. The van der Waals surface area contributed by atoms with Gasteiger partial charge in [-0.3, -0.25) is 0 Å². The number of rotatable bonds is 15. The summed E-state index contributed by atoms with van der Waals surface area (Å²) in [4.78, 5) is 0. The van der Waals surface area contributed by atoms with Gasteiger partial charge in [0.25, 0.3) is 0 Å². The van der Waals surface area contributed by atoms with Gasteiger partial charge in [0, 0.05) is 13.2 Å². The van der Waals surface area contributed by atoms with Crippen molar-refractivity contribution in [3.05, 3.63) is 0 Å². The largest absolute Gasteiger partial charge is 0.379 e. The molecule has 0 heterocycles. The van der Waals surface area contributed by atoms with Crippen LogP contribution in [0.25, 0.3) is 0 Å². The van der Waals surface area contributed by atoms with Gasteiger partial charge in [-0.25, -0.2) is 0 Å². The summed E-state index contributed by atoms with van der Waals surface area (Å²) < 4.78 is 21.7. The molecule has 0 fully saturated rings. The molecule has 0 amide bonds. The monoisotopic (exact) mass is 290 g/mol. The van der Waals surface area contributed by atoms with Crippen LogP contribution in [0.1, 0.15) is 40.5 Å². The molecule has 0 atom stereocenters. The molecule has 0 radical (unpaired) electrons. The van der Waals surface area contributed by atoms with E-state index in [4.69, 9.17) is 18.9 Å². The van der Waals surface area contributed by atoms with Gasteiger partial charge in [-0.15, -0.1) is 0 Å². The fourth-order valence-corrected chi connectivity index (χ4v) is 1.57. The highest BCUT2D eigenvalue weighted by atomic mass is 16.6. The van der Waals surface area contributed by atoms with Crippen LogP contribution in [0.15, 0.2) is 0 Å². The molecule has 0 rings (SSSR count). The van der Waals surface area contributed by atoms with Crippen LogP contribution >= 0.6 is 0 Å². The zero-order valence-electron chi connectivity index (χ0n) is 13.9. The van der Waals surface area contributed by atoms with E-state index in [1.165, 1.54) is 6.42 Å². The van der Waals surface area contributed by atoms with E-state index in [1.54, 1.807) is 0 Å². The lowest BCUT2D eigenvalue weighted by molar-refractivity contribution is -0.00501. The summed E-state index contributed by atoms with van der Waals surface area (Å²) in [6.45, 7) is 14.3. The fraction of sp³-hybridized carbons (Fsp3) is 1.00. The summed E-state index contributed by atoms with van der Waals surface area (Å²) in [5.41, 5.74) is 0. The van der Waals surface area contributed by atoms with E-state index >= 15 is 0 Å². The van der Waals surface area contributed by atoms with Gasteiger partial charge in [-0.1, -0.05) is 27.7 Å². The summed E-state index contributed by atoms with van der Waals surface area (Å²) in [5.74, 6) is 1.34. The second kappa shape index (κ2) is 15.2. The molecule has 0 aromatic heterocycles. The predicted molar refractivity (Wildman–Crippen MR) is 82.2 cm³/mol. The van der Waals surface area contributed by atoms with Crippen LogP contribution in [0.4, 0.5) is 0 Å². The van der Waals surface area contributed by atoms with E-state index in [1.807, 2.05) is 0 Å². The zero-order chi connectivity index (χ0) is 15.1. The van der Waals surface area contributed by atoms with Crippen LogP contribution in [0.3, 0.4) is 0 Å². The second-order valence-electron chi connectivity index (χ2n) is 5.84. The van der Waals surface area contributed by atoms with Crippen molar-refractivity contribution in [1.82, 2.24) is 0 Å². The van der Waals surface area contributed by atoms with Crippen molar-refractivity contribution in [2.24, 2.45) is 11.8 Å². The molecular weight excluding hydrogens is 256 g/mol. The lowest BCUT2D eigenvalue weighted by atomic mass is 10.1. The molecule has 4 nitrogen and oxygen atoms in total. The van der Waals surface area contributed by atoms with E-state index < -0.39 is 0 Å². The van der Waals surface area contributed by atoms with Gasteiger partial charge in [-0.2, -0.15) is 0 Å². The molecule has 0 bridgehead atoms. The van der Waals surface area contributed by atoms with E-state index in [0.717, 1.165) is 25.6 Å².